The molecule has 28 heavy (non-hydrogen) atoms. The van der Waals surface area contributed by atoms with Crippen LogP contribution in [0.1, 0.15) is 82.6 Å². The second-order valence-electron chi connectivity index (χ2n) is 10.6. The molecule has 0 radical (unpaired) electrons. The number of carbonyl (C=O) groups excluding carboxylic acids is 2. The molecule has 1 heterocycles. The first kappa shape index (κ1) is 21.4. The van der Waals surface area contributed by atoms with Gasteiger partial charge in [-0.15, -0.1) is 11.3 Å². The van der Waals surface area contributed by atoms with Crippen LogP contribution in [0.2, 0.25) is 0 Å². The third kappa shape index (κ3) is 3.40. The number of amides is 1. The Morgan fingerprint density at radius 2 is 1.79 bits per heavy atom. The zero-order valence-corrected chi connectivity index (χ0v) is 19.4. The summed E-state index contributed by atoms with van der Waals surface area (Å²) < 4.78 is 5.34. The normalized spacial score (nSPS) is 23.1. The number of fused-ring (bicyclic) bond motifs is 1. The molecule has 4 nitrogen and oxygen atoms in total. The van der Waals surface area contributed by atoms with Crippen LogP contribution in [0.5, 0.6) is 0 Å². The summed E-state index contributed by atoms with van der Waals surface area (Å²) in [4.78, 5) is 27.0. The Labute approximate surface area is 173 Å². The third-order valence-electron chi connectivity index (χ3n) is 7.49. The lowest BCUT2D eigenvalue weighted by atomic mass is 9.72. The largest absolute Gasteiger partial charge is 0.462 e. The van der Waals surface area contributed by atoms with Crippen molar-refractivity contribution in [2.24, 2.45) is 28.1 Å². The lowest BCUT2D eigenvalue weighted by Crippen LogP contribution is -2.26. The number of carbonyl (C=O) groups is 2. The minimum atomic E-state index is -0.307. The van der Waals surface area contributed by atoms with Crippen LogP contribution in [0.4, 0.5) is 5.00 Å². The number of rotatable bonds is 4. The molecular weight excluding hydrogens is 370 g/mol. The molecule has 156 valence electrons. The summed E-state index contributed by atoms with van der Waals surface area (Å²) in [5.74, 6) is 0.250. The summed E-state index contributed by atoms with van der Waals surface area (Å²) in [5, 5.41) is 3.79. The van der Waals surface area contributed by atoms with Crippen molar-refractivity contribution in [1.29, 1.82) is 0 Å². The van der Waals surface area contributed by atoms with E-state index in [0.717, 1.165) is 24.8 Å². The molecule has 0 bridgehead atoms. The highest BCUT2D eigenvalue weighted by molar-refractivity contribution is 7.17. The van der Waals surface area contributed by atoms with Crippen molar-refractivity contribution >= 4 is 28.2 Å². The van der Waals surface area contributed by atoms with Crippen LogP contribution in [0.15, 0.2) is 0 Å². The summed E-state index contributed by atoms with van der Waals surface area (Å²) in [5.41, 5.74) is 1.86. The predicted molar refractivity (Wildman–Crippen MR) is 115 cm³/mol. The van der Waals surface area contributed by atoms with E-state index in [0.29, 0.717) is 23.1 Å². The number of hydrogen-bond donors (Lipinski definition) is 1. The highest BCUT2D eigenvalue weighted by Crippen LogP contribution is 2.68. The predicted octanol–water partition coefficient (Wildman–Crippen LogP) is 5.70. The maximum absolute atomic E-state index is 13.0. The second kappa shape index (κ2) is 6.86. The van der Waals surface area contributed by atoms with Gasteiger partial charge < -0.3 is 10.1 Å². The molecule has 1 atom stereocenters. The van der Waals surface area contributed by atoms with Gasteiger partial charge in [0, 0.05) is 10.8 Å². The van der Waals surface area contributed by atoms with Crippen LogP contribution in [-0.2, 0) is 22.4 Å². The quantitative estimate of drug-likeness (QED) is 0.654. The Balaban J connectivity index is 1.92. The van der Waals surface area contributed by atoms with E-state index in [-0.39, 0.29) is 34.0 Å². The van der Waals surface area contributed by atoms with Crippen LogP contribution in [-0.4, -0.2) is 18.5 Å². The van der Waals surface area contributed by atoms with Gasteiger partial charge >= 0.3 is 5.97 Å². The highest BCUT2D eigenvalue weighted by atomic mass is 32.1. The molecule has 1 aromatic rings. The number of ether oxygens (including phenoxy) is 1. The Bertz CT molecular complexity index is 784. The maximum atomic E-state index is 13.0. The van der Waals surface area contributed by atoms with Crippen molar-refractivity contribution in [1.82, 2.24) is 0 Å². The number of hydrogen-bond acceptors (Lipinski definition) is 4. The molecule has 1 aromatic heterocycles. The number of anilines is 1. The van der Waals surface area contributed by atoms with E-state index in [2.05, 4.69) is 53.8 Å². The fraction of sp³-hybridized carbons (Fsp3) is 0.739. The topological polar surface area (TPSA) is 55.4 Å². The summed E-state index contributed by atoms with van der Waals surface area (Å²) in [6.45, 7) is 17.5. The molecular formula is C23H35NO3S. The maximum Gasteiger partial charge on any atom is 0.341 e. The van der Waals surface area contributed by atoms with Crippen molar-refractivity contribution in [3.05, 3.63) is 16.0 Å². The molecule has 0 spiro atoms. The first-order chi connectivity index (χ1) is 12.8. The molecule has 2 aliphatic carbocycles. The van der Waals surface area contributed by atoms with Gasteiger partial charge in [0.15, 0.2) is 0 Å². The van der Waals surface area contributed by atoms with E-state index in [1.54, 1.807) is 11.3 Å². The molecule has 1 unspecified atom stereocenters. The van der Waals surface area contributed by atoms with Crippen molar-refractivity contribution in [2.45, 2.75) is 74.7 Å². The summed E-state index contributed by atoms with van der Waals surface area (Å²) >= 11 is 1.58. The lowest BCUT2D eigenvalue weighted by molar-refractivity contribution is -0.118. The van der Waals surface area contributed by atoms with Crippen LogP contribution >= 0.6 is 11.3 Å². The first-order valence-corrected chi connectivity index (χ1v) is 11.3. The molecule has 5 heteroatoms. The van der Waals surface area contributed by atoms with E-state index in [1.807, 2.05) is 6.92 Å². The zero-order chi connectivity index (χ0) is 21.1. The Morgan fingerprint density at radius 1 is 1.18 bits per heavy atom. The Kier molecular flexibility index (Phi) is 5.23. The van der Waals surface area contributed by atoms with Gasteiger partial charge in [-0.3, -0.25) is 4.79 Å². The molecule has 1 N–H and O–H groups in total. The van der Waals surface area contributed by atoms with E-state index in [4.69, 9.17) is 4.74 Å². The van der Waals surface area contributed by atoms with Crippen LogP contribution < -0.4 is 5.32 Å². The van der Waals surface area contributed by atoms with E-state index in [1.165, 1.54) is 4.88 Å². The van der Waals surface area contributed by atoms with Crippen molar-refractivity contribution in [3.63, 3.8) is 0 Å². The highest BCUT2D eigenvalue weighted by Gasteiger charge is 2.68. The van der Waals surface area contributed by atoms with Crippen LogP contribution in [0, 0.1) is 28.1 Å². The van der Waals surface area contributed by atoms with Crippen LogP contribution in [0.3, 0.4) is 0 Å². The van der Waals surface area contributed by atoms with Crippen molar-refractivity contribution < 1.29 is 14.3 Å². The summed E-state index contributed by atoms with van der Waals surface area (Å²) in [6, 6.07) is 0. The van der Waals surface area contributed by atoms with E-state index >= 15 is 0 Å². The third-order valence-corrected chi connectivity index (χ3v) is 8.66. The molecule has 2 aliphatic rings. The smallest absolute Gasteiger partial charge is 0.341 e. The summed E-state index contributed by atoms with van der Waals surface area (Å²) in [7, 11) is 0. The molecule has 0 saturated heterocycles. The van der Waals surface area contributed by atoms with Crippen molar-refractivity contribution in [3.8, 4) is 0 Å². The van der Waals surface area contributed by atoms with Gasteiger partial charge in [-0.25, -0.2) is 4.79 Å². The minimum absolute atomic E-state index is 0.0199. The second-order valence-corrected chi connectivity index (χ2v) is 11.7. The monoisotopic (exact) mass is 405 g/mol. The standard InChI is InChI=1S/C23H35NO3S/c1-9-27-20(26)16-14-11-10-13(21(2,3)4)12-15(14)28-19(16)24-18(25)17-22(5,6)23(17,7)8/h13,17H,9-12H2,1-8H3,(H,24,25). The molecule has 1 saturated carbocycles. The van der Waals surface area contributed by atoms with E-state index in [9.17, 15) is 9.59 Å². The van der Waals surface area contributed by atoms with Crippen LogP contribution in [0.25, 0.3) is 0 Å². The van der Waals surface area contributed by atoms with Gasteiger partial charge in [0.1, 0.15) is 5.00 Å². The molecule has 0 aliphatic heterocycles. The SMILES string of the molecule is CCOC(=O)c1c(NC(=O)C2C(C)(C)C2(C)C)sc2c1CCC(C(C)(C)C)C2. The van der Waals surface area contributed by atoms with Crippen molar-refractivity contribution in [2.75, 3.05) is 11.9 Å². The summed E-state index contributed by atoms with van der Waals surface area (Å²) in [6.07, 6.45) is 2.90. The first-order valence-electron chi connectivity index (χ1n) is 10.4. The molecule has 0 aromatic carbocycles. The Hall–Kier alpha value is -1.36. The minimum Gasteiger partial charge on any atom is -0.462 e. The number of esters is 1. The number of thiophene rings is 1. The van der Waals surface area contributed by atoms with E-state index < -0.39 is 0 Å². The van der Waals surface area contributed by atoms with Gasteiger partial charge in [-0.2, -0.15) is 0 Å². The van der Waals surface area contributed by atoms with Gasteiger partial charge in [0.25, 0.3) is 0 Å². The van der Waals surface area contributed by atoms with Gasteiger partial charge in [-0.05, 0) is 53.9 Å². The fourth-order valence-electron chi connectivity index (χ4n) is 4.87. The molecule has 3 rings (SSSR count). The number of nitrogens with one attached hydrogen (secondary N) is 1. The molecule has 1 amide bonds. The average Bonchev–Trinajstić information content (AvgIpc) is 2.84. The van der Waals surface area contributed by atoms with Gasteiger partial charge in [-0.1, -0.05) is 48.5 Å². The molecule has 1 fully saturated rings. The fourth-order valence-corrected chi connectivity index (χ4v) is 6.19. The average molecular weight is 406 g/mol. The van der Waals surface area contributed by atoms with Gasteiger partial charge in [0.2, 0.25) is 5.91 Å². The Morgan fingerprint density at radius 3 is 2.29 bits per heavy atom. The zero-order valence-electron chi connectivity index (χ0n) is 18.6. The lowest BCUT2D eigenvalue weighted by Gasteiger charge is -2.33. The van der Waals surface area contributed by atoms with Gasteiger partial charge in [0.05, 0.1) is 12.2 Å².